The van der Waals surface area contributed by atoms with E-state index in [1.165, 1.54) is 0 Å². The van der Waals surface area contributed by atoms with Crippen molar-refractivity contribution in [1.29, 1.82) is 0 Å². The summed E-state index contributed by atoms with van der Waals surface area (Å²) in [5, 5.41) is 8.94. The van der Waals surface area contributed by atoms with Crippen molar-refractivity contribution in [2.24, 2.45) is 0 Å². The number of halogens is 2. The Morgan fingerprint density at radius 3 is 2.31 bits per heavy atom. The monoisotopic (exact) mass is 389 g/mol. The molecule has 1 heterocycles. The lowest BCUT2D eigenvalue weighted by atomic mass is 10.1. The van der Waals surface area contributed by atoms with Crippen molar-refractivity contribution in [2.75, 3.05) is 12.4 Å². The van der Waals surface area contributed by atoms with Crippen LogP contribution in [0.5, 0.6) is 5.75 Å². The molecule has 0 saturated heterocycles. The summed E-state index contributed by atoms with van der Waals surface area (Å²) in [4.78, 5) is 23.6. The molecule has 0 saturated carbocycles. The molecule has 0 fully saturated rings. The van der Waals surface area contributed by atoms with E-state index in [4.69, 9.17) is 27.9 Å². The molecule has 2 N–H and O–H groups in total. The van der Waals surface area contributed by atoms with Gasteiger partial charge in [0.15, 0.2) is 0 Å². The van der Waals surface area contributed by atoms with Gasteiger partial charge < -0.3 is 10.1 Å². The zero-order valence-corrected chi connectivity index (χ0v) is 15.1. The van der Waals surface area contributed by atoms with E-state index >= 15 is 0 Å². The Hall–Kier alpha value is -2.83. The van der Waals surface area contributed by atoms with E-state index in [1.807, 2.05) is 0 Å². The van der Waals surface area contributed by atoms with Crippen LogP contribution in [-0.2, 0) is 0 Å². The predicted molar refractivity (Wildman–Crippen MR) is 101 cm³/mol. The van der Waals surface area contributed by atoms with E-state index in [-0.39, 0.29) is 16.0 Å². The molecule has 0 aliphatic heterocycles. The van der Waals surface area contributed by atoms with Gasteiger partial charge in [-0.25, -0.2) is 5.10 Å². The number of methoxy groups -OCH3 is 1. The second kappa shape index (κ2) is 7.59. The second-order valence-electron chi connectivity index (χ2n) is 5.29. The Morgan fingerprint density at radius 1 is 1.04 bits per heavy atom. The first-order valence-electron chi connectivity index (χ1n) is 7.49. The number of hydrogen-bond acceptors (Lipinski definition) is 4. The highest BCUT2D eigenvalue weighted by atomic mass is 35.5. The molecule has 1 aromatic heterocycles. The van der Waals surface area contributed by atoms with Crippen LogP contribution in [0.1, 0.15) is 10.4 Å². The molecule has 0 radical (unpaired) electrons. The van der Waals surface area contributed by atoms with Crippen LogP contribution in [-0.4, -0.2) is 23.2 Å². The van der Waals surface area contributed by atoms with Crippen molar-refractivity contribution in [3.63, 3.8) is 0 Å². The number of H-pyrrole nitrogens is 1. The number of ether oxygens (including phenoxy) is 1. The molecule has 0 unspecified atom stereocenters. The van der Waals surface area contributed by atoms with Crippen molar-refractivity contribution < 1.29 is 9.53 Å². The van der Waals surface area contributed by atoms with Crippen LogP contribution in [0.3, 0.4) is 0 Å². The van der Waals surface area contributed by atoms with Gasteiger partial charge in [-0.05, 0) is 36.4 Å². The van der Waals surface area contributed by atoms with Crippen LogP contribution < -0.4 is 15.6 Å². The number of nitrogens with one attached hydrogen (secondary N) is 2. The van der Waals surface area contributed by atoms with Gasteiger partial charge in [0.1, 0.15) is 16.5 Å². The molecule has 3 rings (SSSR count). The largest absolute Gasteiger partial charge is 0.497 e. The number of carbonyl (C=O) groups excluding carboxylic acids is 1. The molecule has 0 atom stereocenters. The van der Waals surface area contributed by atoms with Crippen LogP contribution in [0, 0.1) is 0 Å². The Morgan fingerprint density at radius 2 is 1.69 bits per heavy atom. The SMILES string of the molecule is COc1ccc(C(=O)Nc2ccc(-c3n[nH]c(=O)c(Cl)c3Cl)cc2)cc1. The smallest absolute Gasteiger partial charge is 0.284 e. The van der Waals surface area contributed by atoms with E-state index in [0.717, 1.165) is 0 Å². The number of amides is 1. The summed E-state index contributed by atoms with van der Waals surface area (Å²) in [5.74, 6) is 0.429. The summed E-state index contributed by atoms with van der Waals surface area (Å²) in [6.45, 7) is 0. The highest BCUT2D eigenvalue weighted by molar-refractivity contribution is 6.43. The second-order valence-corrected chi connectivity index (χ2v) is 6.05. The number of benzene rings is 2. The first-order valence-corrected chi connectivity index (χ1v) is 8.24. The van der Waals surface area contributed by atoms with Crippen molar-refractivity contribution >= 4 is 34.8 Å². The Balaban J connectivity index is 1.78. The molecule has 0 bridgehead atoms. The van der Waals surface area contributed by atoms with Gasteiger partial charge in [0.05, 0.1) is 12.1 Å². The van der Waals surface area contributed by atoms with E-state index in [0.29, 0.717) is 28.3 Å². The highest BCUT2D eigenvalue weighted by Crippen LogP contribution is 2.29. The van der Waals surface area contributed by atoms with Crippen LogP contribution in [0.4, 0.5) is 5.69 Å². The van der Waals surface area contributed by atoms with Crippen LogP contribution in [0.2, 0.25) is 10.0 Å². The molecule has 2 aromatic carbocycles. The fourth-order valence-electron chi connectivity index (χ4n) is 2.26. The maximum Gasteiger partial charge on any atom is 0.284 e. The molecule has 1 amide bonds. The lowest BCUT2D eigenvalue weighted by molar-refractivity contribution is 0.102. The number of anilines is 1. The fourth-order valence-corrected chi connectivity index (χ4v) is 2.63. The molecule has 3 aromatic rings. The standard InChI is InChI=1S/C18H13Cl2N3O3/c1-26-13-8-4-11(5-9-13)17(24)21-12-6-2-10(3-7-12)16-14(19)15(20)18(25)23-22-16/h2-9H,1H3,(H,21,24)(H,23,25). The quantitative estimate of drug-likeness (QED) is 0.705. The van der Waals surface area contributed by atoms with Gasteiger partial charge in [0.2, 0.25) is 0 Å². The average Bonchev–Trinajstić information content (AvgIpc) is 2.67. The Kier molecular flexibility index (Phi) is 5.25. The highest BCUT2D eigenvalue weighted by Gasteiger charge is 2.13. The van der Waals surface area contributed by atoms with Crippen LogP contribution >= 0.6 is 23.2 Å². The van der Waals surface area contributed by atoms with Gasteiger partial charge in [-0.1, -0.05) is 35.3 Å². The molecule has 0 aliphatic rings. The Labute approximate surface area is 158 Å². The van der Waals surface area contributed by atoms with E-state index in [2.05, 4.69) is 15.5 Å². The number of aromatic amines is 1. The number of hydrogen-bond donors (Lipinski definition) is 2. The lowest BCUT2D eigenvalue weighted by Gasteiger charge is -2.08. The summed E-state index contributed by atoms with van der Waals surface area (Å²) in [6, 6.07) is 13.6. The van der Waals surface area contributed by atoms with Crippen molar-refractivity contribution in [1.82, 2.24) is 10.2 Å². The van der Waals surface area contributed by atoms with E-state index in [9.17, 15) is 9.59 Å². The van der Waals surface area contributed by atoms with Gasteiger partial charge >= 0.3 is 0 Å². The molecule has 26 heavy (non-hydrogen) atoms. The summed E-state index contributed by atoms with van der Waals surface area (Å²) in [7, 11) is 1.56. The average molecular weight is 390 g/mol. The summed E-state index contributed by atoms with van der Waals surface area (Å²) in [5.41, 5.74) is 1.55. The van der Waals surface area contributed by atoms with Crippen LogP contribution in [0.15, 0.2) is 53.3 Å². The molecule has 8 heteroatoms. The third-order valence-corrected chi connectivity index (χ3v) is 4.46. The van der Waals surface area contributed by atoms with Gasteiger partial charge in [-0.2, -0.15) is 5.10 Å². The third kappa shape index (κ3) is 3.71. The zero-order valence-electron chi connectivity index (χ0n) is 13.5. The minimum Gasteiger partial charge on any atom is -0.497 e. The van der Waals surface area contributed by atoms with Crippen LogP contribution in [0.25, 0.3) is 11.3 Å². The third-order valence-electron chi connectivity index (χ3n) is 3.64. The van der Waals surface area contributed by atoms with Crippen molar-refractivity contribution in [3.8, 4) is 17.0 Å². The first-order chi connectivity index (χ1) is 12.5. The maximum absolute atomic E-state index is 12.3. The molecule has 6 nitrogen and oxygen atoms in total. The summed E-state index contributed by atoms with van der Waals surface area (Å²) >= 11 is 11.9. The first kappa shape index (κ1) is 18.0. The molecular formula is C18H13Cl2N3O3. The minimum atomic E-state index is -0.552. The lowest BCUT2D eigenvalue weighted by Crippen LogP contribution is -2.12. The predicted octanol–water partition coefficient (Wildman–Crippen LogP) is 4.00. The van der Waals surface area contributed by atoms with Gasteiger partial charge in [0.25, 0.3) is 11.5 Å². The molecule has 0 aliphatic carbocycles. The number of carbonyl (C=O) groups is 1. The minimum absolute atomic E-state index is 0.0745. The van der Waals surface area contributed by atoms with Gasteiger partial charge in [0, 0.05) is 16.8 Å². The summed E-state index contributed by atoms with van der Waals surface area (Å²) < 4.78 is 5.07. The maximum atomic E-state index is 12.3. The molecule has 0 spiro atoms. The zero-order chi connectivity index (χ0) is 18.7. The topological polar surface area (TPSA) is 84.1 Å². The van der Waals surface area contributed by atoms with Gasteiger partial charge in [-0.3, -0.25) is 9.59 Å². The summed E-state index contributed by atoms with van der Waals surface area (Å²) in [6.07, 6.45) is 0. The fraction of sp³-hybridized carbons (Fsp3) is 0.0556. The van der Waals surface area contributed by atoms with Gasteiger partial charge in [-0.15, -0.1) is 0 Å². The number of rotatable bonds is 4. The number of nitrogens with zero attached hydrogens (tertiary/aromatic N) is 1. The molecular weight excluding hydrogens is 377 g/mol. The number of aromatic nitrogens is 2. The Bertz CT molecular complexity index is 1000. The van der Waals surface area contributed by atoms with Crippen molar-refractivity contribution in [2.45, 2.75) is 0 Å². The van der Waals surface area contributed by atoms with Crippen molar-refractivity contribution in [3.05, 3.63) is 74.5 Å². The van der Waals surface area contributed by atoms with E-state index < -0.39 is 5.56 Å². The normalized spacial score (nSPS) is 10.4. The molecule has 132 valence electrons. The van der Waals surface area contributed by atoms with E-state index in [1.54, 1.807) is 55.6 Å².